The monoisotopic (exact) mass is 553 g/mol. The first kappa shape index (κ1) is 26.6. The van der Waals surface area contributed by atoms with E-state index >= 15 is 0 Å². The largest absolute Gasteiger partial charge is 0.477 e. The van der Waals surface area contributed by atoms with Crippen molar-refractivity contribution in [1.82, 2.24) is 19.5 Å². The summed E-state index contributed by atoms with van der Waals surface area (Å²) in [6.45, 7) is 1.37. The van der Waals surface area contributed by atoms with E-state index in [1.807, 2.05) is 22.8 Å². The van der Waals surface area contributed by atoms with Crippen LogP contribution >= 0.6 is 0 Å². The Morgan fingerprint density at radius 2 is 2.05 bits per heavy atom. The molecule has 6 rings (SSSR count). The minimum atomic E-state index is -1.06. The molecule has 1 saturated heterocycles. The summed E-state index contributed by atoms with van der Waals surface area (Å²) in [6, 6.07) is 15.0. The van der Waals surface area contributed by atoms with Crippen molar-refractivity contribution < 1.29 is 23.8 Å². The van der Waals surface area contributed by atoms with Crippen molar-refractivity contribution in [3.63, 3.8) is 0 Å². The number of aromatic carboxylic acids is 1. The molecule has 1 aromatic carbocycles. The molecule has 2 atom stereocenters. The molecule has 10 heteroatoms. The number of fused-ring (bicyclic) bond motifs is 1. The van der Waals surface area contributed by atoms with Crippen LogP contribution in [0.3, 0.4) is 0 Å². The number of aromatic nitrogens is 4. The van der Waals surface area contributed by atoms with Crippen LogP contribution in [0.25, 0.3) is 16.7 Å². The third-order valence-corrected chi connectivity index (χ3v) is 7.67. The number of rotatable bonds is 9. The van der Waals surface area contributed by atoms with Crippen LogP contribution in [0.1, 0.15) is 58.8 Å². The SMILES string of the molecule is N#Cc1ccc(COc2cccc(C3=CCC(Cc4nc5ccc(C(=O)O)nc5n4CC4CCO4)CC3)n2)c(F)c1. The topological polar surface area (TPSA) is 123 Å². The average Bonchev–Trinajstić information content (AvgIpc) is 3.30. The molecular weight excluding hydrogens is 525 g/mol. The van der Waals surface area contributed by atoms with Gasteiger partial charge in [0.1, 0.15) is 23.8 Å². The zero-order chi connectivity index (χ0) is 28.3. The smallest absolute Gasteiger partial charge is 0.354 e. The Labute approximate surface area is 235 Å². The number of carbonyl (C=O) groups is 1. The number of imidazole rings is 1. The van der Waals surface area contributed by atoms with Gasteiger partial charge in [0.25, 0.3) is 0 Å². The van der Waals surface area contributed by atoms with Crippen molar-refractivity contribution in [2.75, 3.05) is 6.61 Å². The lowest BCUT2D eigenvalue weighted by atomic mass is 9.86. The minimum Gasteiger partial charge on any atom is -0.477 e. The van der Waals surface area contributed by atoms with Crippen molar-refractivity contribution >= 4 is 22.7 Å². The van der Waals surface area contributed by atoms with Crippen LogP contribution in [0.2, 0.25) is 0 Å². The van der Waals surface area contributed by atoms with Gasteiger partial charge >= 0.3 is 5.97 Å². The lowest BCUT2D eigenvalue weighted by Crippen LogP contribution is -2.32. The molecule has 0 amide bonds. The number of benzene rings is 1. The number of hydrogen-bond acceptors (Lipinski definition) is 7. The maximum Gasteiger partial charge on any atom is 0.354 e. The Balaban J connectivity index is 1.14. The van der Waals surface area contributed by atoms with Crippen molar-refractivity contribution in [1.29, 1.82) is 5.26 Å². The number of carboxylic acid groups (broad SMARTS) is 1. The van der Waals surface area contributed by atoms with E-state index in [-0.39, 0.29) is 24.0 Å². The minimum absolute atomic E-state index is 0.00529. The molecule has 1 aliphatic heterocycles. The number of nitriles is 1. The van der Waals surface area contributed by atoms with Crippen molar-refractivity contribution in [2.45, 2.75) is 51.4 Å². The number of ether oxygens (including phenoxy) is 2. The van der Waals surface area contributed by atoms with Crippen molar-refractivity contribution in [3.05, 3.63) is 88.8 Å². The van der Waals surface area contributed by atoms with Gasteiger partial charge in [-0.15, -0.1) is 0 Å². The van der Waals surface area contributed by atoms with Gasteiger partial charge < -0.3 is 19.1 Å². The highest BCUT2D eigenvalue weighted by atomic mass is 19.1. The van der Waals surface area contributed by atoms with E-state index in [2.05, 4.69) is 16.0 Å². The van der Waals surface area contributed by atoms with Crippen LogP contribution in [-0.4, -0.2) is 43.3 Å². The molecule has 0 bridgehead atoms. The fourth-order valence-electron chi connectivity index (χ4n) is 5.27. The summed E-state index contributed by atoms with van der Waals surface area (Å²) in [7, 11) is 0. The summed E-state index contributed by atoms with van der Waals surface area (Å²) in [4.78, 5) is 25.4. The predicted molar refractivity (Wildman–Crippen MR) is 148 cm³/mol. The van der Waals surface area contributed by atoms with Crippen LogP contribution in [0.4, 0.5) is 4.39 Å². The number of carboxylic acids is 1. The lowest BCUT2D eigenvalue weighted by Gasteiger charge is -2.28. The molecule has 0 saturated carbocycles. The Morgan fingerprint density at radius 3 is 2.76 bits per heavy atom. The fraction of sp³-hybridized carbons (Fsp3) is 0.323. The van der Waals surface area contributed by atoms with Crippen LogP contribution in [-0.2, 0) is 24.3 Å². The molecule has 1 N–H and O–H groups in total. The molecule has 9 nitrogen and oxygen atoms in total. The highest BCUT2D eigenvalue weighted by Gasteiger charge is 2.25. The summed E-state index contributed by atoms with van der Waals surface area (Å²) in [5, 5.41) is 18.4. The molecule has 0 radical (unpaired) electrons. The van der Waals surface area contributed by atoms with Gasteiger partial charge in [0.2, 0.25) is 5.88 Å². The molecule has 1 fully saturated rings. The average molecular weight is 554 g/mol. The number of halogens is 1. The summed E-state index contributed by atoms with van der Waals surface area (Å²) in [5.74, 6) is 0.142. The van der Waals surface area contributed by atoms with Gasteiger partial charge in [0.15, 0.2) is 11.3 Å². The van der Waals surface area contributed by atoms with E-state index in [1.165, 1.54) is 12.1 Å². The summed E-state index contributed by atoms with van der Waals surface area (Å²) < 4.78 is 27.7. The van der Waals surface area contributed by atoms with Crippen LogP contribution in [0.15, 0.2) is 54.6 Å². The standard InChI is InChI=1S/C31H28FN5O4/c32-24-14-20(16-33)6-9-22(24)18-41-29-3-1-2-25(35-29)21-7-4-19(5-8-21)15-28-34-26-10-11-27(31(38)39)36-30(26)37(28)17-23-12-13-40-23/h1-3,6-7,9-11,14,19,23H,4-5,8,12-13,15,17-18H2,(H,38,39). The van der Waals surface area contributed by atoms with Gasteiger partial charge in [-0.1, -0.05) is 18.2 Å². The van der Waals surface area contributed by atoms with Gasteiger partial charge in [-0.2, -0.15) is 5.26 Å². The van der Waals surface area contributed by atoms with Crippen LogP contribution in [0.5, 0.6) is 5.88 Å². The van der Waals surface area contributed by atoms with Gasteiger partial charge in [-0.25, -0.2) is 24.1 Å². The molecule has 0 spiro atoms. The van der Waals surface area contributed by atoms with E-state index in [4.69, 9.17) is 19.7 Å². The Kier molecular flexibility index (Phi) is 7.44. The first-order valence-electron chi connectivity index (χ1n) is 13.7. The predicted octanol–water partition coefficient (Wildman–Crippen LogP) is 5.33. The normalized spacial score (nSPS) is 18.4. The molecule has 3 aromatic heterocycles. The molecule has 2 aliphatic rings. The van der Waals surface area contributed by atoms with Crippen molar-refractivity contribution in [3.8, 4) is 11.9 Å². The zero-order valence-electron chi connectivity index (χ0n) is 22.3. The van der Waals surface area contributed by atoms with E-state index in [0.717, 1.165) is 55.8 Å². The zero-order valence-corrected chi connectivity index (χ0v) is 22.3. The van der Waals surface area contributed by atoms with Gasteiger partial charge in [-0.05, 0) is 67.5 Å². The van der Waals surface area contributed by atoms with Crippen LogP contribution < -0.4 is 4.74 Å². The second-order valence-electron chi connectivity index (χ2n) is 10.4. The highest BCUT2D eigenvalue weighted by molar-refractivity contribution is 5.88. The third-order valence-electron chi connectivity index (χ3n) is 7.67. The van der Waals surface area contributed by atoms with E-state index in [9.17, 15) is 14.3 Å². The second kappa shape index (κ2) is 11.5. The number of allylic oxidation sites excluding steroid dienone is 2. The fourth-order valence-corrected chi connectivity index (χ4v) is 5.27. The number of hydrogen-bond donors (Lipinski definition) is 1. The van der Waals surface area contributed by atoms with Gasteiger partial charge in [-0.3, -0.25) is 0 Å². The summed E-state index contributed by atoms with van der Waals surface area (Å²) >= 11 is 0. The highest BCUT2D eigenvalue weighted by Crippen LogP contribution is 2.33. The molecule has 2 unspecified atom stereocenters. The second-order valence-corrected chi connectivity index (χ2v) is 10.4. The molecule has 4 heterocycles. The van der Waals surface area contributed by atoms with Gasteiger partial charge in [0.05, 0.1) is 30.0 Å². The Morgan fingerprint density at radius 1 is 1.17 bits per heavy atom. The van der Waals surface area contributed by atoms with Crippen LogP contribution in [0, 0.1) is 23.1 Å². The lowest BCUT2D eigenvalue weighted by molar-refractivity contribution is -0.0591. The Bertz CT molecular complexity index is 1690. The third kappa shape index (κ3) is 5.81. The first-order chi connectivity index (χ1) is 20.0. The number of nitrogens with zero attached hydrogens (tertiary/aromatic N) is 5. The molecule has 41 heavy (non-hydrogen) atoms. The maximum absolute atomic E-state index is 14.2. The van der Waals surface area contributed by atoms with Crippen molar-refractivity contribution in [2.24, 2.45) is 5.92 Å². The molecule has 1 aliphatic carbocycles. The van der Waals surface area contributed by atoms with E-state index in [0.29, 0.717) is 35.1 Å². The first-order valence-corrected chi connectivity index (χ1v) is 13.7. The Hall–Kier alpha value is -4.62. The molecule has 4 aromatic rings. The summed E-state index contributed by atoms with van der Waals surface area (Å²) in [5.41, 5.74) is 3.89. The van der Waals surface area contributed by atoms with E-state index in [1.54, 1.807) is 24.3 Å². The number of pyridine rings is 2. The van der Waals surface area contributed by atoms with E-state index < -0.39 is 11.8 Å². The van der Waals surface area contributed by atoms with Gasteiger partial charge in [0, 0.05) is 24.7 Å². The molecular formula is C31H28FN5O4. The maximum atomic E-state index is 14.2. The molecule has 208 valence electrons. The summed E-state index contributed by atoms with van der Waals surface area (Å²) in [6.07, 6.45) is 6.67. The quantitative estimate of drug-likeness (QED) is 0.295.